The lowest BCUT2D eigenvalue weighted by molar-refractivity contribution is -0.169. The van der Waals surface area contributed by atoms with Crippen molar-refractivity contribution in [2.75, 3.05) is 13.1 Å². The number of hydrogen-bond acceptors (Lipinski definition) is 3. The van der Waals surface area contributed by atoms with E-state index in [0.717, 1.165) is 63.6 Å². The molecule has 0 spiro atoms. The quantitative estimate of drug-likeness (QED) is 0.204. The van der Waals surface area contributed by atoms with Gasteiger partial charge in [0.15, 0.2) is 0 Å². The van der Waals surface area contributed by atoms with E-state index < -0.39 is 5.41 Å². The van der Waals surface area contributed by atoms with E-state index in [1.807, 2.05) is 6.07 Å². The van der Waals surface area contributed by atoms with Crippen molar-refractivity contribution in [1.82, 2.24) is 5.32 Å². The van der Waals surface area contributed by atoms with Crippen LogP contribution in [0.2, 0.25) is 0 Å². The first-order valence-electron chi connectivity index (χ1n) is 12.9. The third-order valence-corrected chi connectivity index (χ3v) is 7.86. The molecule has 0 aliphatic heterocycles. The van der Waals surface area contributed by atoms with Gasteiger partial charge >= 0.3 is 5.97 Å². The van der Waals surface area contributed by atoms with Crippen LogP contribution in [0.5, 0.6) is 0 Å². The molecular formula is C30H39NO2. The van der Waals surface area contributed by atoms with Gasteiger partial charge in [-0.1, -0.05) is 92.4 Å². The zero-order valence-corrected chi connectivity index (χ0v) is 19.9. The molecule has 0 aromatic heterocycles. The van der Waals surface area contributed by atoms with Crippen molar-refractivity contribution in [3.8, 4) is 0 Å². The van der Waals surface area contributed by atoms with Gasteiger partial charge in [-0.2, -0.15) is 0 Å². The highest BCUT2D eigenvalue weighted by atomic mass is 16.5. The van der Waals surface area contributed by atoms with E-state index in [0.29, 0.717) is 11.8 Å². The van der Waals surface area contributed by atoms with Crippen LogP contribution < -0.4 is 5.32 Å². The Morgan fingerprint density at radius 1 is 0.970 bits per heavy atom. The molecule has 2 aliphatic carbocycles. The lowest BCUT2D eigenvalue weighted by atomic mass is 9.68. The van der Waals surface area contributed by atoms with E-state index in [2.05, 4.69) is 72.6 Å². The highest BCUT2D eigenvalue weighted by molar-refractivity contribution is 5.83. The molecule has 4 rings (SSSR count). The minimum Gasteiger partial charge on any atom is -0.461 e. The topological polar surface area (TPSA) is 38.3 Å². The fourth-order valence-electron chi connectivity index (χ4n) is 5.73. The van der Waals surface area contributed by atoms with Crippen molar-refractivity contribution in [3.05, 3.63) is 84.4 Å². The van der Waals surface area contributed by atoms with Crippen LogP contribution in [0.3, 0.4) is 0 Å². The van der Waals surface area contributed by atoms with E-state index in [1.54, 1.807) is 0 Å². The average molecular weight is 446 g/mol. The van der Waals surface area contributed by atoms with Crippen molar-refractivity contribution >= 4 is 5.97 Å². The second-order valence-electron chi connectivity index (χ2n) is 9.88. The first-order chi connectivity index (χ1) is 16.2. The molecule has 3 atom stereocenters. The smallest absolute Gasteiger partial charge is 0.316 e. The van der Waals surface area contributed by atoms with Crippen LogP contribution in [0.4, 0.5) is 0 Å². The van der Waals surface area contributed by atoms with Gasteiger partial charge in [-0.05, 0) is 62.2 Å². The van der Waals surface area contributed by atoms with Crippen LogP contribution in [-0.4, -0.2) is 25.2 Å². The summed E-state index contributed by atoms with van der Waals surface area (Å²) in [5.41, 5.74) is 2.02. The van der Waals surface area contributed by atoms with Crippen LogP contribution in [-0.2, 0) is 21.4 Å². The second-order valence-corrected chi connectivity index (χ2v) is 9.88. The molecule has 2 aliphatic rings. The summed E-state index contributed by atoms with van der Waals surface area (Å²) in [6.07, 6.45) is 11.4. The lowest BCUT2D eigenvalue weighted by Crippen LogP contribution is -2.48. The summed E-state index contributed by atoms with van der Waals surface area (Å²) in [6, 6.07) is 21.0. The van der Waals surface area contributed by atoms with Crippen molar-refractivity contribution < 1.29 is 9.53 Å². The summed E-state index contributed by atoms with van der Waals surface area (Å²) in [5.74, 6) is 0.819. The Balaban J connectivity index is 1.34. The Kier molecular flexibility index (Phi) is 8.39. The summed E-state index contributed by atoms with van der Waals surface area (Å²) < 4.78 is 6.30. The number of hydrogen-bond donors (Lipinski definition) is 1. The second kappa shape index (κ2) is 11.7. The van der Waals surface area contributed by atoms with Gasteiger partial charge in [-0.25, -0.2) is 0 Å². The number of rotatable bonds is 10. The van der Waals surface area contributed by atoms with Crippen LogP contribution in [0, 0.1) is 11.8 Å². The Labute approximate surface area is 199 Å². The van der Waals surface area contributed by atoms with Gasteiger partial charge in [0.25, 0.3) is 0 Å². The van der Waals surface area contributed by atoms with Crippen molar-refractivity contribution in [2.45, 2.75) is 69.3 Å². The standard InChI is InChI=1S/C30H39NO2/c1-2-25-23-28(27(25)18-22-31-21-17-24-13-7-5-8-14-24)33-29(32)30(19-11-3-4-12-20-30)26-15-9-6-10-16-26/h2,5-10,13-16,25,27-28,31H,1,3-4,11-12,17-23H2/t25?,27?,28-/m0/s1. The maximum absolute atomic E-state index is 13.7. The predicted octanol–water partition coefficient (Wildman–Crippen LogP) is 6.23. The molecule has 2 aromatic carbocycles. The number of allylic oxidation sites excluding steroid dienone is 1. The monoisotopic (exact) mass is 445 g/mol. The molecular weight excluding hydrogens is 406 g/mol. The van der Waals surface area contributed by atoms with Gasteiger partial charge in [0.2, 0.25) is 0 Å². The third-order valence-electron chi connectivity index (χ3n) is 7.86. The van der Waals surface area contributed by atoms with E-state index in [1.165, 1.54) is 18.4 Å². The van der Waals surface area contributed by atoms with Gasteiger partial charge in [-0.15, -0.1) is 6.58 Å². The van der Waals surface area contributed by atoms with Gasteiger partial charge < -0.3 is 10.1 Å². The maximum Gasteiger partial charge on any atom is 0.316 e. The largest absolute Gasteiger partial charge is 0.461 e. The zero-order valence-electron chi connectivity index (χ0n) is 19.9. The van der Waals surface area contributed by atoms with E-state index in [4.69, 9.17) is 4.74 Å². The Morgan fingerprint density at radius 2 is 1.64 bits per heavy atom. The maximum atomic E-state index is 13.7. The van der Waals surface area contributed by atoms with Gasteiger partial charge in [0.1, 0.15) is 6.10 Å². The van der Waals surface area contributed by atoms with Crippen LogP contribution in [0.25, 0.3) is 0 Å². The molecule has 2 fully saturated rings. The van der Waals surface area contributed by atoms with Crippen LogP contribution in [0.1, 0.15) is 62.5 Å². The number of ether oxygens (including phenoxy) is 1. The third kappa shape index (κ3) is 5.76. The number of carbonyl (C=O) groups is 1. The Morgan fingerprint density at radius 3 is 2.30 bits per heavy atom. The van der Waals surface area contributed by atoms with E-state index in [9.17, 15) is 4.79 Å². The number of carbonyl (C=O) groups excluding carboxylic acids is 1. The summed E-state index contributed by atoms with van der Waals surface area (Å²) in [4.78, 5) is 13.7. The fourth-order valence-corrected chi connectivity index (χ4v) is 5.73. The zero-order chi connectivity index (χ0) is 22.9. The predicted molar refractivity (Wildman–Crippen MR) is 135 cm³/mol. The first kappa shape index (κ1) is 23.8. The SMILES string of the molecule is C=CC1C[C@H](OC(=O)C2(c3ccccc3)CCCCCC2)C1CCNCCc1ccccc1. The molecule has 0 amide bonds. The van der Waals surface area contributed by atoms with Gasteiger partial charge in [0, 0.05) is 5.92 Å². The van der Waals surface area contributed by atoms with Crippen LogP contribution in [0.15, 0.2) is 73.3 Å². The highest BCUT2D eigenvalue weighted by Gasteiger charge is 2.47. The number of nitrogens with one attached hydrogen (secondary N) is 1. The minimum atomic E-state index is -0.477. The van der Waals surface area contributed by atoms with Crippen molar-refractivity contribution in [2.24, 2.45) is 11.8 Å². The molecule has 0 bridgehead atoms. The molecule has 0 heterocycles. The first-order valence-corrected chi connectivity index (χ1v) is 12.9. The van der Waals surface area contributed by atoms with Gasteiger partial charge in [0.05, 0.1) is 5.41 Å². The molecule has 0 saturated heterocycles. The molecule has 2 saturated carbocycles. The fraction of sp³-hybridized carbons (Fsp3) is 0.500. The average Bonchev–Trinajstić information content (AvgIpc) is 3.12. The highest BCUT2D eigenvalue weighted by Crippen LogP contribution is 2.44. The molecule has 1 N–H and O–H groups in total. The molecule has 2 aromatic rings. The summed E-state index contributed by atoms with van der Waals surface area (Å²) >= 11 is 0. The molecule has 2 unspecified atom stereocenters. The van der Waals surface area contributed by atoms with E-state index >= 15 is 0 Å². The van der Waals surface area contributed by atoms with Crippen LogP contribution >= 0.6 is 0 Å². The van der Waals surface area contributed by atoms with Gasteiger partial charge in [-0.3, -0.25) is 4.79 Å². The summed E-state index contributed by atoms with van der Waals surface area (Å²) in [7, 11) is 0. The Bertz CT molecular complexity index is 871. The molecule has 0 radical (unpaired) electrons. The van der Waals surface area contributed by atoms with Crippen molar-refractivity contribution in [3.63, 3.8) is 0 Å². The molecule has 33 heavy (non-hydrogen) atoms. The molecule has 176 valence electrons. The van der Waals surface area contributed by atoms with Crippen molar-refractivity contribution in [1.29, 1.82) is 0 Å². The lowest BCUT2D eigenvalue weighted by Gasteiger charge is -2.44. The minimum absolute atomic E-state index is 0.00477. The number of esters is 1. The Hall–Kier alpha value is -2.39. The normalized spacial score (nSPS) is 24.3. The van der Waals surface area contributed by atoms with E-state index in [-0.39, 0.29) is 12.1 Å². The molecule has 3 heteroatoms. The summed E-state index contributed by atoms with van der Waals surface area (Å²) in [6.45, 7) is 5.95. The number of benzene rings is 2. The molecule has 3 nitrogen and oxygen atoms in total. The summed E-state index contributed by atoms with van der Waals surface area (Å²) in [5, 5.41) is 3.58.